The molecule has 3 aromatic rings. The first-order valence-corrected chi connectivity index (χ1v) is 13.2. The fraction of sp³-hybridized carbons (Fsp3) is 0.259. The lowest BCUT2D eigenvalue weighted by atomic mass is 9.95. The number of methoxy groups -OCH3 is 2. The van der Waals surface area contributed by atoms with Crippen molar-refractivity contribution >= 4 is 45.3 Å². The quantitative estimate of drug-likeness (QED) is 0.302. The van der Waals surface area contributed by atoms with Gasteiger partial charge in [-0.25, -0.2) is 9.79 Å². The van der Waals surface area contributed by atoms with E-state index in [1.54, 1.807) is 56.3 Å². The Bertz CT molecular complexity index is 1640. The molecule has 0 N–H and O–H groups in total. The summed E-state index contributed by atoms with van der Waals surface area (Å²) in [6, 6.07) is 9.53. The van der Waals surface area contributed by atoms with Crippen LogP contribution in [-0.4, -0.2) is 37.3 Å². The van der Waals surface area contributed by atoms with Gasteiger partial charge >= 0.3 is 11.9 Å². The highest BCUT2D eigenvalue weighted by Gasteiger charge is 2.34. The molecule has 0 bridgehead atoms. The molecule has 0 unspecified atom stereocenters. The van der Waals surface area contributed by atoms with Gasteiger partial charge in [0.05, 0.1) is 42.7 Å². The Morgan fingerprint density at radius 1 is 1.11 bits per heavy atom. The lowest BCUT2D eigenvalue weighted by Crippen LogP contribution is -2.40. The Labute approximate surface area is 230 Å². The van der Waals surface area contributed by atoms with Gasteiger partial charge in [-0.15, -0.1) is 0 Å². The zero-order chi connectivity index (χ0) is 27.6. The molecule has 4 rings (SSSR count). The summed E-state index contributed by atoms with van der Waals surface area (Å²) in [5, 5.41) is 0. The Kier molecular flexibility index (Phi) is 8.17. The van der Waals surface area contributed by atoms with Crippen LogP contribution in [0.25, 0.3) is 6.08 Å². The molecule has 9 nitrogen and oxygen atoms in total. The van der Waals surface area contributed by atoms with Crippen molar-refractivity contribution in [3.63, 3.8) is 0 Å². The Morgan fingerprint density at radius 2 is 1.82 bits per heavy atom. The van der Waals surface area contributed by atoms with Gasteiger partial charge in [0.2, 0.25) is 0 Å². The third kappa shape index (κ3) is 5.30. The fourth-order valence-electron chi connectivity index (χ4n) is 4.15. The van der Waals surface area contributed by atoms with E-state index in [9.17, 15) is 14.4 Å². The van der Waals surface area contributed by atoms with Crippen LogP contribution in [0.15, 0.2) is 61.9 Å². The predicted octanol–water partition coefficient (Wildman–Crippen LogP) is 3.50. The van der Waals surface area contributed by atoms with Crippen LogP contribution in [0.5, 0.6) is 17.2 Å². The van der Waals surface area contributed by atoms with Crippen molar-refractivity contribution in [1.29, 1.82) is 0 Å². The number of hydrogen-bond acceptors (Lipinski definition) is 9. The monoisotopic (exact) mass is 600 g/mol. The van der Waals surface area contributed by atoms with E-state index in [4.69, 9.17) is 18.9 Å². The summed E-state index contributed by atoms with van der Waals surface area (Å²) in [4.78, 5) is 43.6. The van der Waals surface area contributed by atoms with E-state index in [-0.39, 0.29) is 17.7 Å². The van der Waals surface area contributed by atoms with E-state index >= 15 is 0 Å². The molecule has 0 fully saturated rings. The number of fused-ring (bicyclic) bond motifs is 1. The number of halogens is 1. The molecule has 11 heteroatoms. The van der Waals surface area contributed by atoms with Crippen molar-refractivity contribution in [3.05, 3.63) is 83.0 Å². The number of ether oxygens (including phenoxy) is 4. The molecule has 38 heavy (non-hydrogen) atoms. The van der Waals surface area contributed by atoms with E-state index in [1.807, 2.05) is 0 Å². The van der Waals surface area contributed by atoms with Gasteiger partial charge in [-0.2, -0.15) is 0 Å². The molecule has 1 aliphatic heterocycles. The van der Waals surface area contributed by atoms with Gasteiger partial charge in [-0.3, -0.25) is 14.2 Å². The molecular formula is C27H25BrN2O7S. The second-order valence-electron chi connectivity index (χ2n) is 8.19. The van der Waals surface area contributed by atoms with Crippen LogP contribution in [0.1, 0.15) is 37.9 Å². The molecule has 0 radical (unpaired) electrons. The maximum absolute atomic E-state index is 13.9. The van der Waals surface area contributed by atoms with Gasteiger partial charge in [0.25, 0.3) is 5.56 Å². The lowest BCUT2D eigenvalue weighted by Gasteiger charge is -2.25. The molecule has 198 valence electrons. The van der Waals surface area contributed by atoms with Crippen LogP contribution in [0, 0.1) is 0 Å². The minimum Gasteiger partial charge on any atom is -0.493 e. The first kappa shape index (κ1) is 27.3. The van der Waals surface area contributed by atoms with Gasteiger partial charge in [0.1, 0.15) is 5.75 Å². The maximum atomic E-state index is 13.9. The topological polar surface area (TPSA) is 105 Å². The molecule has 1 aromatic heterocycles. The van der Waals surface area contributed by atoms with Crippen molar-refractivity contribution in [3.8, 4) is 17.2 Å². The summed E-state index contributed by atoms with van der Waals surface area (Å²) in [7, 11) is 3.04. The van der Waals surface area contributed by atoms with Crippen molar-refractivity contribution in [1.82, 2.24) is 4.57 Å². The Hall–Kier alpha value is -3.70. The summed E-state index contributed by atoms with van der Waals surface area (Å²) in [6.07, 6.45) is 1.64. The highest BCUT2D eigenvalue weighted by atomic mass is 79.9. The highest BCUT2D eigenvalue weighted by Crippen LogP contribution is 2.36. The number of rotatable bonds is 7. The third-order valence-electron chi connectivity index (χ3n) is 5.75. The fourth-order valence-corrected chi connectivity index (χ4v) is 5.57. The summed E-state index contributed by atoms with van der Waals surface area (Å²) in [6.45, 7) is 4.90. The standard InChI is InChI=1S/C27H25BrN2O7S/c1-6-36-26(33)23-14(2)29-27-30(24(23)16-7-9-20(34-4)21(12-16)35-5)25(32)22(38-27)13-17-11-18(28)8-10-19(17)37-15(3)31/h7-13,24H,6H2,1-5H3/b22-13-/t24-/m1/s1. The number of aromatic nitrogens is 1. The normalized spacial score (nSPS) is 15.0. The van der Waals surface area contributed by atoms with E-state index in [0.717, 1.165) is 4.47 Å². The molecule has 0 saturated carbocycles. The molecule has 2 heterocycles. The average molecular weight is 601 g/mol. The molecule has 0 spiro atoms. The number of hydrogen-bond donors (Lipinski definition) is 0. The van der Waals surface area contributed by atoms with Crippen LogP contribution >= 0.6 is 27.3 Å². The van der Waals surface area contributed by atoms with Gasteiger partial charge in [0.15, 0.2) is 16.3 Å². The predicted molar refractivity (Wildman–Crippen MR) is 145 cm³/mol. The zero-order valence-corrected chi connectivity index (χ0v) is 23.8. The smallest absolute Gasteiger partial charge is 0.338 e. The molecule has 0 aliphatic carbocycles. The highest BCUT2D eigenvalue weighted by molar-refractivity contribution is 9.10. The van der Waals surface area contributed by atoms with Gasteiger partial charge in [-0.1, -0.05) is 33.3 Å². The van der Waals surface area contributed by atoms with Gasteiger partial charge < -0.3 is 18.9 Å². The van der Waals surface area contributed by atoms with E-state index < -0.39 is 18.0 Å². The first-order valence-electron chi connectivity index (χ1n) is 11.6. The first-order chi connectivity index (χ1) is 18.2. The van der Waals surface area contributed by atoms with E-state index in [0.29, 0.717) is 43.4 Å². The number of nitrogens with zero attached hydrogens (tertiary/aromatic N) is 2. The molecule has 2 aromatic carbocycles. The molecule has 1 aliphatic rings. The lowest BCUT2D eigenvalue weighted by molar-refractivity contribution is -0.139. The number of carbonyl (C=O) groups excluding carboxylic acids is 2. The molecule has 0 amide bonds. The zero-order valence-electron chi connectivity index (χ0n) is 21.4. The van der Waals surface area contributed by atoms with Crippen LogP contribution in [0.2, 0.25) is 0 Å². The second-order valence-corrected chi connectivity index (χ2v) is 10.1. The number of carbonyl (C=O) groups is 2. The summed E-state index contributed by atoms with van der Waals surface area (Å²) >= 11 is 4.59. The van der Waals surface area contributed by atoms with Crippen LogP contribution < -0.4 is 29.1 Å². The second kappa shape index (κ2) is 11.4. The minimum absolute atomic E-state index is 0.167. The summed E-state index contributed by atoms with van der Waals surface area (Å²) in [5.74, 6) is 0.227. The average Bonchev–Trinajstić information content (AvgIpc) is 3.18. The van der Waals surface area contributed by atoms with Crippen LogP contribution in [0.4, 0.5) is 0 Å². The molecule has 1 atom stereocenters. The van der Waals surface area contributed by atoms with Crippen molar-refractivity contribution in [2.75, 3.05) is 20.8 Å². The van der Waals surface area contributed by atoms with Gasteiger partial charge in [-0.05, 0) is 55.8 Å². The van der Waals surface area contributed by atoms with Crippen LogP contribution in [-0.2, 0) is 14.3 Å². The minimum atomic E-state index is -0.817. The van der Waals surface area contributed by atoms with Crippen molar-refractivity contribution in [2.24, 2.45) is 4.99 Å². The maximum Gasteiger partial charge on any atom is 0.338 e. The largest absolute Gasteiger partial charge is 0.493 e. The van der Waals surface area contributed by atoms with Crippen molar-refractivity contribution < 1.29 is 28.5 Å². The number of benzene rings is 2. The Morgan fingerprint density at radius 3 is 2.47 bits per heavy atom. The van der Waals surface area contributed by atoms with Gasteiger partial charge in [0, 0.05) is 17.0 Å². The van der Waals surface area contributed by atoms with Crippen molar-refractivity contribution in [2.45, 2.75) is 26.8 Å². The molecular weight excluding hydrogens is 576 g/mol. The Balaban J connectivity index is 1.98. The van der Waals surface area contributed by atoms with Crippen LogP contribution in [0.3, 0.4) is 0 Å². The van der Waals surface area contributed by atoms with E-state index in [2.05, 4.69) is 20.9 Å². The summed E-state index contributed by atoms with van der Waals surface area (Å²) < 4.78 is 24.1. The molecule has 0 saturated heterocycles. The third-order valence-corrected chi connectivity index (χ3v) is 7.23. The summed E-state index contributed by atoms with van der Waals surface area (Å²) in [5.41, 5.74) is 1.48. The SMILES string of the molecule is CCOC(=O)C1=C(C)N=c2s/c(=C\c3cc(Br)ccc3OC(C)=O)c(=O)n2[C@@H]1c1ccc(OC)c(OC)c1. The number of esters is 2. The number of allylic oxidation sites excluding steroid dienone is 1. The number of thiazole rings is 1. The van der Waals surface area contributed by atoms with E-state index in [1.165, 1.54) is 37.0 Å².